The molecule has 2 aliphatic heterocycles. The summed E-state index contributed by atoms with van der Waals surface area (Å²) in [6.45, 7) is 0. The summed E-state index contributed by atoms with van der Waals surface area (Å²) in [6, 6.07) is 9.60. The van der Waals surface area contributed by atoms with Crippen LogP contribution in [0.15, 0.2) is 18.2 Å². The molecule has 1 aromatic rings. The van der Waals surface area contributed by atoms with E-state index in [9.17, 15) is 4.79 Å². The second kappa shape index (κ2) is 7.55. The molecule has 24 heavy (non-hydrogen) atoms. The summed E-state index contributed by atoms with van der Waals surface area (Å²) in [5, 5.41) is 12.2. The number of anilines is 1. The van der Waals surface area contributed by atoms with Gasteiger partial charge in [0.1, 0.15) is 0 Å². The molecule has 4 atom stereocenters. The Hall–Kier alpha value is -1.57. The molecule has 2 heterocycles. The van der Waals surface area contributed by atoms with Crippen LogP contribution in [0.3, 0.4) is 0 Å². The van der Waals surface area contributed by atoms with Crippen LogP contribution in [0.4, 0.5) is 5.69 Å². The molecule has 2 bridgehead atoms. The molecule has 5 rings (SSSR count). The van der Waals surface area contributed by atoms with Gasteiger partial charge in [0.15, 0.2) is 0 Å². The van der Waals surface area contributed by atoms with Crippen LogP contribution in [0.2, 0.25) is 5.02 Å². The van der Waals surface area contributed by atoms with Crippen molar-refractivity contribution in [2.75, 3.05) is 12.4 Å². The lowest BCUT2D eigenvalue weighted by Gasteiger charge is -2.50. The van der Waals surface area contributed by atoms with Crippen LogP contribution in [0, 0.1) is 17.2 Å². The number of nitriles is 1. The number of nitrogens with one attached hydrogen (secondary N) is 1. The van der Waals surface area contributed by atoms with E-state index in [4.69, 9.17) is 16.9 Å². The number of rotatable bonds is 3. The van der Waals surface area contributed by atoms with Crippen LogP contribution in [-0.4, -0.2) is 30.4 Å². The monoisotopic (exact) mass is 345 g/mol. The molecule has 0 aromatic heterocycles. The predicted molar refractivity (Wildman–Crippen MR) is 96.0 cm³/mol. The lowest BCUT2D eigenvalue weighted by molar-refractivity contribution is -0.105. The molecule has 4 aliphatic rings. The molecular weight excluding hydrogens is 322 g/mol. The van der Waals surface area contributed by atoms with Crippen molar-refractivity contribution in [1.82, 2.24) is 4.90 Å². The molecule has 2 saturated carbocycles. The first kappa shape index (κ1) is 17.3. The minimum Gasteiger partial charge on any atom is -0.329 e. The summed E-state index contributed by atoms with van der Waals surface area (Å²) < 4.78 is 0. The summed E-state index contributed by atoms with van der Waals surface area (Å²) >= 11 is 6.10. The predicted octanol–water partition coefficient (Wildman–Crippen LogP) is 4.17. The largest absolute Gasteiger partial charge is 0.329 e. The number of amides is 1. The molecule has 1 aromatic carbocycles. The summed E-state index contributed by atoms with van der Waals surface area (Å²) in [5.41, 5.74) is 1.68. The van der Waals surface area contributed by atoms with E-state index in [2.05, 4.69) is 23.3 Å². The lowest BCUT2D eigenvalue weighted by atomic mass is 9.71. The molecule has 2 unspecified atom stereocenters. The smallest absolute Gasteiger partial charge is 0.211 e. The van der Waals surface area contributed by atoms with Gasteiger partial charge in [0, 0.05) is 28.7 Å². The SMILES string of the molecule is CN1C2CCCC1C2.N#C[C@H]1CC[C@H]1c1cc(NC=O)ccc1Cl. The van der Waals surface area contributed by atoms with Crippen molar-refractivity contribution < 1.29 is 4.79 Å². The highest BCUT2D eigenvalue weighted by molar-refractivity contribution is 6.31. The standard InChI is InChI=1S/C12H11ClN2O.C7H13N/c13-12-4-2-9(15-7-16)5-11(12)10-3-1-8(10)6-14;1-8-6-3-2-4-7(8)5-6/h2,4-5,7-8,10H,1,3H2,(H,15,16);6-7H,2-5H2,1H3/t8-,10-;/m1./s1. The fourth-order valence-corrected chi connectivity index (χ4v) is 4.31. The third-order valence-corrected chi connectivity index (χ3v) is 6.18. The zero-order chi connectivity index (χ0) is 17.1. The van der Waals surface area contributed by atoms with Gasteiger partial charge in [0.25, 0.3) is 0 Å². The van der Waals surface area contributed by atoms with Gasteiger partial charge in [-0.05, 0) is 62.9 Å². The molecule has 4 nitrogen and oxygen atoms in total. The average Bonchev–Trinajstić information content (AvgIpc) is 2.58. The first-order valence-corrected chi connectivity index (χ1v) is 9.13. The number of hydrogen-bond donors (Lipinski definition) is 1. The molecule has 0 spiro atoms. The molecule has 2 aliphatic carbocycles. The highest BCUT2D eigenvalue weighted by atomic mass is 35.5. The summed E-state index contributed by atoms with van der Waals surface area (Å²) in [4.78, 5) is 12.9. The van der Waals surface area contributed by atoms with E-state index < -0.39 is 0 Å². The molecule has 1 N–H and O–H groups in total. The van der Waals surface area contributed by atoms with Crippen molar-refractivity contribution in [3.05, 3.63) is 28.8 Å². The van der Waals surface area contributed by atoms with Gasteiger partial charge >= 0.3 is 0 Å². The lowest BCUT2D eigenvalue weighted by Crippen LogP contribution is -2.56. The summed E-state index contributed by atoms with van der Waals surface area (Å²) in [7, 11) is 2.26. The maximum Gasteiger partial charge on any atom is 0.211 e. The molecule has 2 saturated heterocycles. The number of halogens is 1. The van der Waals surface area contributed by atoms with Crippen LogP contribution in [-0.2, 0) is 4.79 Å². The Morgan fingerprint density at radius 1 is 1.29 bits per heavy atom. The maximum absolute atomic E-state index is 10.3. The minimum absolute atomic E-state index is 0.0592. The summed E-state index contributed by atoms with van der Waals surface area (Å²) in [5.74, 6) is 0.273. The number of piperidine rings is 1. The van der Waals surface area contributed by atoms with Crippen molar-refractivity contribution in [1.29, 1.82) is 5.26 Å². The third-order valence-electron chi connectivity index (χ3n) is 5.83. The van der Waals surface area contributed by atoms with Gasteiger partial charge < -0.3 is 10.2 Å². The normalized spacial score (nSPS) is 30.7. The number of carbonyl (C=O) groups excluding carboxylic acids is 1. The first-order valence-electron chi connectivity index (χ1n) is 8.75. The van der Waals surface area contributed by atoms with E-state index in [1.165, 1.54) is 25.7 Å². The Morgan fingerprint density at radius 2 is 2.04 bits per heavy atom. The Balaban J connectivity index is 0.000000175. The van der Waals surface area contributed by atoms with Crippen LogP contribution >= 0.6 is 11.6 Å². The van der Waals surface area contributed by atoms with Crippen LogP contribution in [0.25, 0.3) is 0 Å². The van der Waals surface area contributed by atoms with E-state index in [1.54, 1.807) is 12.1 Å². The van der Waals surface area contributed by atoms with E-state index in [-0.39, 0.29) is 11.8 Å². The van der Waals surface area contributed by atoms with Crippen molar-refractivity contribution >= 4 is 23.7 Å². The molecule has 0 radical (unpaired) electrons. The first-order chi connectivity index (χ1) is 11.6. The molecule has 5 heteroatoms. The Morgan fingerprint density at radius 3 is 2.50 bits per heavy atom. The average molecular weight is 346 g/mol. The zero-order valence-electron chi connectivity index (χ0n) is 14.0. The van der Waals surface area contributed by atoms with Gasteiger partial charge in [-0.1, -0.05) is 18.0 Å². The number of nitrogens with zero attached hydrogens (tertiary/aromatic N) is 2. The minimum atomic E-state index is 0.0592. The Bertz CT molecular complexity index is 628. The molecular formula is C19H24ClN3O. The highest BCUT2D eigenvalue weighted by Gasteiger charge is 2.37. The van der Waals surface area contributed by atoms with Crippen LogP contribution in [0.1, 0.15) is 50.0 Å². The van der Waals surface area contributed by atoms with Crippen LogP contribution in [0.5, 0.6) is 0 Å². The van der Waals surface area contributed by atoms with Gasteiger partial charge in [0.05, 0.1) is 12.0 Å². The molecule has 4 fully saturated rings. The van der Waals surface area contributed by atoms with Gasteiger partial charge in [-0.25, -0.2) is 0 Å². The molecule has 128 valence electrons. The van der Waals surface area contributed by atoms with Crippen LogP contribution < -0.4 is 5.32 Å². The fraction of sp³-hybridized carbons (Fsp3) is 0.579. The van der Waals surface area contributed by atoms with E-state index in [0.29, 0.717) is 11.4 Å². The van der Waals surface area contributed by atoms with Crippen molar-refractivity contribution in [3.63, 3.8) is 0 Å². The van der Waals surface area contributed by atoms with E-state index in [0.717, 1.165) is 36.2 Å². The number of hydrogen-bond acceptors (Lipinski definition) is 3. The third kappa shape index (κ3) is 3.43. The van der Waals surface area contributed by atoms with Gasteiger partial charge in [-0.2, -0.15) is 5.26 Å². The van der Waals surface area contributed by atoms with Gasteiger partial charge in [0.2, 0.25) is 6.41 Å². The van der Waals surface area contributed by atoms with Gasteiger partial charge in [-0.15, -0.1) is 0 Å². The van der Waals surface area contributed by atoms with E-state index in [1.807, 2.05) is 6.07 Å². The Labute approximate surface area is 148 Å². The van der Waals surface area contributed by atoms with Crippen molar-refractivity contribution in [2.24, 2.45) is 5.92 Å². The zero-order valence-corrected chi connectivity index (χ0v) is 14.8. The fourth-order valence-electron chi connectivity index (χ4n) is 4.05. The van der Waals surface area contributed by atoms with Crippen molar-refractivity contribution in [3.8, 4) is 6.07 Å². The van der Waals surface area contributed by atoms with E-state index >= 15 is 0 Å². The number of benzene rings is 1. The molecule has 1 amide bonds. The van der Waals surface area contributed by atoms with Crippen molar-refractivity contribution in [2.45, 2.75) is 56.5 Å². The van der Waals surface area contributed by atoms with Gasteiger partial charge in [-0.3, -0.25) is 4.79 Å². The number of fused-ring (bicyclic) bond motifs is 2. The maximum atomic E-state index is 10.3. The quantitative estimate of drug-likeness (QED) is 0.836. The summed E-state index contributed by atoms with van der Waals surface area (Å²) in [6.07, 6.45) is 8.47. The number of carbonyl (C=O) groups is 1. The second-order valence-electron chi connectivity index (χ2n) is 7.06. The topological polar surface area (TPSA) is 56.1 Å². The second-order valence-corrected chi connectivity index (χ2v) is 7.46. The highest BCUT2D eigenvalue weighted by Crippen LogP contribution is 2.45. The Kier molecular flexibility index (Phi) is 5.43.